The number of nitrogens with one attached hydrogen (secondary N) is 1. The quantitative estimate of drug-likeness (QED) is 0.860. The van der Waals surface area contributed by atoms with Crippen molar-refractivity contribution in [3.8, 4) is 0 Å². The molecule has 1 aliphatic rings. The minimum absolute atomic E-state index is 0. The third-order valence-electron chi connectivity index (χ3n) is 3.62. The summed E-state index contributed by atoms with van der Waals surface area (Å²) < 4.78 is 27.0. The van der Waals surface area contributed by atoms with Crippen molar-refractivity contribution in [3.63, 3.8) is 0 Å². The van der Waals surface area contributed by atoms with Crippen LogP contribution in [0.25, 0.3) is 0 Å². The zero-order valence-corrected chi connectivity index (χ0v) is 14.3. The Balaban J connectivity index is 0.00000200. The molecule has 1 aromatic carbocycles. The average molecular weight is 337 g/mol. The summed E-state index contributed by atoms with van der Waals surface area (Å²) in [5, 5.41) is 3.30. The number of sulfonamides is 1. The molecule has 7 heteroatoms. The van der Waals surface area contributed by atoms with E-state index >= 15 is 0 Å². The van der Waals surface area contributed by atoms with E-state index in [9.17, 15) is 8.42 Å². The summed E-state index contributed by atoms with van der Waals surface area (Å²) in [6.45, 7) is 5.20. The summed E-state index contributed by atoms with van der Waals surface area (Å²) in [7, 11) is -3.40. The molecule has 4 nitrogen and oxygen atoms in total. The third-order valence-corrected chi connectivity index (χ3v) is 6.33. The van der Waals surface area contributed by atoms with Crippen LogP contribution in [0, 0.1) is 0 Å². The van der Waals surface area contributed by atoms with E-state index in [1.54, 1.807) is 34.3 Å². The summed E-state index contributed by atoms with van der Waals surface area (Å²) >= 11 is 1.55. The fourth-order valence-corrected chi connectivity index (χ4v) is 4.55. The van der Waals surface area contributed by atoms with Gasteiger partial charge in [-0.25, -0.2) is 8.42 Å². The second-order valence-electron chi connectivity index (χ2n) is 4.78. The van der Waals surface area contributed by atoms with Gasteiger partial charge in [0.25, 0.3) is 0 Å². The van der Waals surface area contributed by atoms with Gasteiger partial charge in [-0.15, -0.1) is 24.2 Å². The molecular formula is C13H21ClN2O2S2. The molecule has 0 spiro atoms. The van der Waals surface area contributed by atoms with Crippen LogP contribution in [-0.4, -0.2) is 44.2 Å². The van der Waals surface area contributed by atoms with Gasteiger partial charge in [0.1, 0.15) is 0 Å². The van der Waals surface area contributed by atoms with Crippen molar-refractivity contribution < 1.29 is 8.42 Å². The first-order valence-corrected chi connectivity index (χ1v) is 9.02. The first-order chi connectivity index (χ1) is 8.96. The summed E-state index contributed by atoms with van der Waals surface area (Å²) in [5.41, 5.74) is 0. The second-order valence-corrected chi connectivity index (χ2v) is 7.55. The Morgan fingerprint density at radius 1 is 1.35 bits per heavy atom. The van der Waals surface area contributed by atoms with Crippen LogP contribution in [0.2, 0.25) is 0 Å². The van der Waals surface area contributed by atoms with Gasteiger partial charge in [0, 0.05) is 30.1 Å². The standard InChI is InChI=1S/C13H20N2O2S2.ClH/c1-10-11(2)15(8-7-14-10)19(16,17)13-6-4-5-12(9-13)18-3;/h4-6,9-11,14H,7-8H2,1-3H3;1H. The molecule has 0 bridgehead atoms. The van der Waals surface area contributed by atoms with Gasteiger partial charge in [0.2, 0.25) is 10.0 Å². The van der Waals surface area contributed by atoms with Crippen LogP contribution < -0.4 is 5.32 Å². The van der Waals surface area contributed by atoms with Gasteiger partial charge in [-0.2, -0.15) is 4.31 Å². The third kappa shape index (κ3) is 3.49. The fourth-order valence-electron chi connectivity index (χ4n) is 2.26. The van der Waals surface area contributed by atoms with Gasteiger partial charge in [0.15, 0.2) is 0 Å². The predicted octanol–water partition coefficient (Wildman–Crippen LogP) is 2.20. The van der Waals surface area contributed by atoms with E-state index in [0.717, 1.165) is 4.90 Å². The molecule has 1 aromatic rings. The minimum Gasteiger partial charge on any atom is -0.311 e. The van der Waals surface area contributed by atoms with Crippen molar-refractivity contribution in [2.75, 3.05) is 19.3 Å². The van der Waals surface area contributed by atoms with Crippen molar-refractivity contribution in [2.24, 2.45) is 0 Å². The molecule has 1 heterocycles. The highest BCUT2D eigenvalue weighted by Gasteiger charge is 2.34. The van der Waals surface area contributed by atoms with Gasteiger partial charge in [-0.05, 0) is 38.3 Å². The average Bonchev–Trinajstić information content (AvgIpc) is 2.41. The van der Waals surface area contributed by atoms with Crippen LogP contribution in [0.15, 0.2) is 34.1 Å². The van der Waals surface area contributed by atoms with Gasteiger partial charge in [-0.1, -0.05) is 6.07 Å². The minimum atomic E-state index is -3.40. The first kappa shape index (κ1) is 17.8. The fraction of sp³-hybridized carbons (Fsp3) is 0.538. The van der Waals surface area contributed by atoms with Crippen LogP contribution >= 0.6 is 24.2 Å². The van der Waals surface area contributed by atoms with Gasteiger partial charge in [-0.3, -0.25) is 0 Å². The molecule has 0 radical (unpaired) electrons. The highest BCUT2D eigenvalue weighted by molar-refractivity contribution is 7.98. The predicted molar refractivity (Wildman–Crippen MR) is 86.3 cm³/mol. The Kier molecular flexibility index (Phi) is 6.34. The molecule has 2 atom stereocenters. The van der Waals surface area contributed by atoms with E-state index in [0.29, 0.717) is 18.0 Å². The molecule has 1 N–H and O–H groups in total. The van der Waals surface area contributed by atoms with E-state index in [4.69, 9.17) is 0 Å². The monoisotopic (exact) mass is 336 g/mol. The largest absolute Gasteiger partial charge is 0.311 e. The first-order valence-electron chi connectivity index (χ1n) is 6.36. The Morgan fingerprint density at radius 3 is 2.70 bits per heavy atom. The summed E-state index contributed by atoms with van der Waals surface area (Å²) in [5.74, 6) is 0. The zero-order valence-electron chi connectivity index (χ0n) is 11.9. The molecule has 1 saturated heterocycles. The Labute approximate surface area is 131 Å². The van der Waals surface area contributed by atoms with Gasteiger partial charge < -0.3 is 5.32 Å². The maximum atomic E-state index is 12.7. The zero-order chi connectivity index (χ0) is 14.0. The highest BCUT2D eigenvalue weighted by atomic mass is 35.5. The van der Waals surface area contributed by atoms with Gasteiger partial charge >= 0.3 is 0 Å². The number of thioether (sulfide) groups is 1. The summed E-state index contributed by atoms with van der Waals surface area (Å²) in [4.78, 5) is 1.36. The number of hydrogen-bond acceptors (Lipinski definition) is 4. The molecule has 114 valence electrons. The Morgan fingerprint density at radius 2 is 2.05 bits per heavy atom. The number of piperazine rings is 1. The molecule has 2 rings (SSSR count). The van der Waals surface area contributed by atoms with E-state index in [2.05, 4.69) is 5.32 Å². The number of halogens is 1. The van der Waals surface area contributed by atoms with Crippen LogP contribution in [-0.2, 0) is 10.0 Å². The highest BCUT2D eigenvalue weighted by Crippen LogP contribution is 2.24. The maximum absolute atomic E-state index is 12.7. The van der Waals surface area contributed by atoms with E-state index < -0.39 is 10.0 Å². The Bertz CT molecular complexity index is 551. The van der Waals surface area contributed by atoms with Crippen molar-refractivity contribution in [1.82, 2.24) is 9.62 Å². The number of rotatable bonds is 3. The summed E-state index contributed by atoms with van der Waals surface area (Å²) in [6, 6.07) is 7.29. The molecular weight excluding hydrogens is 316 g/mol. The Hall–Kier alpha value is -0.270. The molecule has 0 amide bonds. The number of hydrogen-bond donors (Lipinski definition) is 1. The number of benzene rings is 1. The second kappa shape index (κ2) is 7.13. The molecule has 0 aliphatic carbocycles. The van der Waals surface area contributed by atoms with Crippen molar-refractivity contribution in [1.29, 1.82) is 0 Å². The molecule has 0 saturated carbocycles. The van der Waals surface area contributed by atoms with Gasteiger partial charge in [0.05, 0.1) is 4.90 Å². The SMILES string of the molecule is CSc1cccc(S(=O)(=O)N2CCNC(C)C2C)c1.Cl. The lowest BCUT2D eigenvalue weighted by Crippen LogP contribution is -2.57. The van der Waals surface area contributed by atoms with E-state index in [1.807, 2.05) is 26.2 Å². The molecule has 20 heavy (non-hydrogen) atoms. The van der Waals surface area contributed by atoms with Crippen LogP contribution in [0.5, 0.6) is 0 Å². The normalized spacial score (nSPS) is 24.1. The van der Waals surface area contributed by atoms with Crippen LogP contribution in [0.3, 0.4) is 0 Å². The van der Waals surface area contributed by atoms with E-state index in [-0.39, 0.29) is 24.5 Å². The van der Waals surface area contributed by atoms with Crippen molar-refractivity contribution >= 4 is 34.2 Å². The maximum Gasteiger partial charge on any atom is 0.243 e. The smallest absolute Gasteiger partial charge is 0.243 e. The van der Waals surface area contributed by atoms with Crippen molar-refractivity contribution in [3.05, 3.63) is 24.3 Å². The molecule has 1 fully saturated rings. The lowest BCUT2D eigenvalue weighted by molar-refractivity contribution is 0.233. The number of nitrogens with zero attached hydrogens (tertiary/aromatic N) is 1. The van der Waals surface area contributed by atoms with Crippen LogP contribution in [0.1, 0.15) is 13.8 Å². The topological polar surface area (TPSA) is 49.4 Å². The lowest BCUT2D eigenvalue weighted by Gasteiger charge is -2.37. The van der Waals surface area contributed by atoms with Crippen molar-refractivity contribution in [2.45, 2.75) is 35.7 Å². The molecule has 2 unspecified atom stereocenters. The summed E-state index contributed by atoms with van der Waals surface area (Å²) in [6.07, 6.45) is 1.95. The van der Waals surface area contributed by atoms with E-state index in [1.165, 1.54) is 0 Å². The molecule has 1 aliphatic heterocycles. The van der Waals surface area contributed by atoms with Crippen LogP contribution in [0.4, 0.5) is 0 Å². The lowest BCUT2D eigenvalue weighted by atomic mass is 10.1. The molecule has 0 aromatic heterocycles.